The van der Waals surface area contributed by atoms with Crippen molar-refractivity contribution < 1.29 is 28.7 Å². The molecule has 0 spiro atoms. The average Bonchev–Trinajstić information content (AvgIpc) is 2.86. The van der Waals surface area contributed by atoms with E-state index in [0.29, 0.717) is 12.8 Å². The highest BCUT2D eigenvalue weighted by molar-refractivity contribution is 5.93. The quantitative estimate of drug-likeness (QED) is 0.0946. The van der Waals surface area contributed by atoms with Crippen LogP contribution < -0.4 is 27.4 Å². The van der Waals surface area contributed by atoms with Crippen LogP contribution in [-0.4, -0.2) is 65.7 Å². The lowest BCUT2D eigenvalue weighted by molar-refractivity contribution is -0.160. The van der Waals surface area contributed by atoms with E-state index in [1.54, 1.807) is 41.5 Å². The molecule has 7 N–H and O–H groups in total. The molecule has 3 amide bonds. The number of esters is 1. The summed E-state index contributed by atoms with van der Waals surface area (Å²) in [5, 5.41) is 8.17. The molecule has 0 aliphatic carbocycles. The molecule has 0 aliphatic rings. The third-order valence-corrected chi connectivity index (χ3v) is 6.04. The molecule has 0 saturated heterocycles. The summed E-state index contributed by atoms with van der Waals surface area (Å²) in [6.07, 6.45) is 0.515. The minimum absolute atomic E-state index is 0.0914. The van der Waals surface area contributed by atoms with E-state index in [0.717, 1.165) is 5.56 Å². The van der Waals surface area contributed by atoms with E-state index in [1.165, 1.54) is 0 Å². The van der Waals surface area contributed by atoms with Crippen LogP contribution in [0.15, 0.2) is 35.3 Å². The lowest BCUT2D eigenvalue weighted by atomic mass is 9.98. The largest absolute Gasteiger partial charge is 0.458 e. The fraction of sp³-hybridized carbons (Fsp3) is 0.633. The predicted octanol–water partition coefficient (Wildman–Crippen LogP) is 2.53. The lowest BCUT2D eigenvalue weighted by Gasteiger charge is -2.29. The summed E-state index contributed by atoms with van der Waals surface area (Å²) in [6.45, 7) is 14.4. The Morgan fingerprint density at radius 1 is 0.857 bits per heavy atom. The van der Waals surface area contributed by atoms with E-state index < -0.39 is 53.2 Å². The van der Waals surface area contributed by atoms with Crippen molar-refractivity contribution in [3.05, 3.63) is 35.9 Å². The van der Waals surface area contributed by atoms with Gasteiger partial charge < -0.3 is 36.9 Å². The molecule has 236 valence electrons. The minimum atomic E-state index is -1.06. The topological polar surface area (TPSA) is 187 Å². The average molecular weight is 591 g/mol. The summed E-state index contributed by atoms with van der Waals surface area (Å²) < 4.78 is 10.9. The maximum Gasteiger partial charge on any atom is 0.408 e. The third kappa shape index (κ3) is 14.7. The zero-order chi connectivity index (χ0) is 32.1. The van der Waals surface area contributed by atoms with E-state index in [9.17, 15) is 19.2 Å². The highest BCUT2D eigenvalue weighted by Crippen LogP contribution is 2.16. The Labute approximate surface area is 249 Å². The Hall–Kier alpha value is -3.83. The van der Waals surface area contributed by atoms with Crippen molar-refractivity contribution in [2.45, 2.75) is 110 Å². The van der Waals surface area contributed by atoms with E-state index >= 15 is 0 Å². The van der Waals surface area contributed by atoms with Crippen molar-refractivity contribution in [1.29, 1.82) is 0 Å². The molecule has 0 radical (unpaired) electrons. The van der Waals surface area contributed by atoms with Crippen LogP contribution in [-0.2, 0) is 30.3 Å². The predicted molar refractivity (Wildman–Crippen MR) is 162 cm³/mol. The maximum atomic E-state index is 13.6. The number of rotatable bonds is 14. The van der Waals surface area contributed by atoms with E-state index in [1.807, 2.05) is 44.2 Å². The summed E-state index contributed by atoms with van der Waals surface area (Å²) >= 11 is 0. The second-order valence-electron chi connectivity index (χ2n) is 12.3. The SMILES string of the molecule is CC[C@H](C)[C@H](NC(=O)[C@H](CCCN=C(N)N)NC(=O)[C@H](Cc1ccccc1)NC(=O)OC(C)(C)C)C(=O)OC(C)(C)C. The fourth-order valence-electron chi connectivity index (χ4n) is 3.84. The van der Waals surface area contributed by atoms with Crippen LogP contribution in [0.2, 0.25) is 0 Å². The molecule has 0 fully saturated rings. The van der Waals surface area contributed by atoms with Gasteiger partial charge >= 0.3 is 12.1 Å². The molecule has 0 heterocycles. The van der Waals surface area contributed by atoms with Crippen molar-refractivity contribution in [2.24, 2.45) is 22.4 Å². The third-order valence-electron chi connectivity index (χ3n) is 6.04. The zero-order valence-corrected chi connectivity index (χ0v) is 26.3. The van der Waals surface area contributed by atoms with Gasteiger partial charge in [-0.1, -0.05) is 50.6 Å². The van der Waals surface area contributed by atoms with Gasteiger partial charge in [-0.05, 0) is 65.9 Å². The van der Waals surface area contributed by atoms with Crippen LogP contribution >= 0.6 is 0 Å². The van der Waals surface area contributed by atoms with Crippen LogP contribution in [0.1, 0.15) is 80.2 Å². The number of aliphatic imine (C=N–C) groups is 1. The van der Waals surface area contributed by atoms with Crippen LogP contribution in [0.25, 0.3) is 0 Å². The number of nitrogens with zero attached hydrogens (tertiary/aromatic N) is 1. The van der Waals surface area contributed by atoms with Crippen LogP contribution in [0.4, 0.5) is 4.79 Å². The summed E-state index contributed by atoms with van der Waals surface area (Å²) in [4.78, 5) is 56.7. The number of ether oxygens (including phenoxy) is 2. The molecule has 1 aromatic carbocycles. The first-order valence-electron chi connectivity index (χ1n) is 14.3. The number of carbonyl (C=O) groups excluding carboxylic acids is 4. The highest BCUT2D eigenvalue weighted by Gasteiger charge is 2.34. The molecule has 0 saturated carbocycles. The minimum Gasteiger partial charge on any atom is -0.458 e. The Morgan fingerprint density at radius 2 is 1.43 bits per heavy atom. The number of carbonyl (C=O) groups is 4. The molecule has 12 heteroatoms. The smallest absolute Gasteiger partial charge is 0.408 e. The molecule has 4 atom stereocenters. The molecule has 1 aromatic rings. The number of amides is 3. The fourth-order valence-corrected chi connectivity index (χ4v) is 3.84. The second kappa shape index (κ2) is 16.6. The summed E-state index contributed by atoms with van der Waals surface area (Å²) in [6, 6.07) is 6.11. The molecule has 42 heavy (non-hydrogen) atoms. The molecular formula is C30H50N6O6. The van der Waals surface area contributed by atoms with E-state index in [2.05, 4.69) is 20.9 Å². The van der Waals surface area contributed by atoms with Crippen molar-refractivity contribution in [2.75, 3.05) is 6.54 Å². The number of nitrogens with one attached hydrogen (secondary N) is 3. The molecule has 1 rings (SSSR count). The van der Waals surface area contributed by atoms with Crippen LogP contribution in [0.5, 0.6) is 0 Å². The molecule has 0 bridgehead atoms. The van der Waals surface area contributed by atoms with E-state index in [-0.39, 0.29) is 31.3 Å². The molecule has 0 unspecified atom stereocenters. The number of hydrogen-bond acceptors (Lipinski definition) is 7. The number of alkyl carbamates (subject to hydrolysis) is 1. The van der Waals surface area contributed by atoms with Crippen LogP contribution in [0.3, 0.4) is 0 Å². The van der Waals surface area contributed by atoms with Gasteiger partial charge in [0.05, 0.1) is 0 Å². The highest BCUT2D eigenvalue weighted by atomic mass is 16.6. The summed E-state index contributed by atoms with van der Waals surface area (Å²) in [7, 11) is 0. The molecule has 0 aliphatic heterocycles. The normalized spacial score (nSPS) is 14.4. The van der Waals surface area contributed by atoms with Gasteiger partial charge in [0.1, 0.15) is 29.3 Å². The van der Waals surface area contributed by atoms with Gasteiger partial charge in [0.25, 0.3) is 0 Å². The second-order valence-corrected chi connectivity index (χ2v) is 12.3. The number of hydrogen-bond donors (Lipinski definition) is 5. The summed E-state index contributed by atoms with van der Waals surface area (Å²) in [5.41, 5.74) is 10.1. The maximum absolute atomic E-state index is 13.6. The lowest BCUT2D eigenvalue weighted by Crippen LogP contribution is -2.57. The Kier molecular flexibility index (Phi) is 14.3. The van der Waals surface area contributed by atoms with Crippen molar-refractivity contribution in [3.8, 4) is 0 Å². The summed E-state index contributed by atoms with van der Waals surface area (Å²) in [5.74, 6) is -2.05. The molecule has 0 aromatic heterocycles. The van der Waals surface area contributed by atoms with Crippen LogP contribution in [0, 0.1) is 5.92 Å². The number of nitrogens with two attached hydrogens (primary N) is 2. The molecular weight excluding hydrogens is 540 g/mol. The van der Waals surface area contributed by atoms with Gasteiger partial charge in [-0.15, -0.1) is 0 Å². The first kappa shape index (κ1) is 36.2. The van der Waals surface area contributed by atoms with Crippen molar-refractivity contribution >= 4 is 29.8 Å². The van der Waals surface area contributed by atoms with Gasteiger partial charge in [0.15, 0.2) is 5.96 Å². The van der Waals surface area contributed by atoms with Crippen molar-refractivity contribution in [1.82, 2.24) is 16.0 Å². The Morgan fingerprint density at radius 3 is 1.95 bits per heavy atom. The first-order chi connectivity index (χ1) is 19.4. The molecule has 12 nitrogen and oxygen atoms in total. The van der Waals surface area contributed by atoms with Gasteiger partial charge in [-0.2, -0.15) is 0 Å². The van der Waals surface area contributed by atoms with Gasteiger partial charge in [-0.25, -0.2) is 9.59 Å². The Balaban J connectivity index is 3.25. The zero-order valence-electron chi connectivity index (χ0n) is 26.3. The first-order valence-corrected chi connectivity index (χ1v) is 14.3. The standard InChI is InChI=1S/C30H50N6O6/c1-9-19(2)23(26(39)41-29(3,4)5)36-24(37)21(16-13-17-33-27(31)32)34-25(38)22(18-20-14-11-10-12-15-20)35-28(40)42-30(6,7)8/h10-12,14-15,19,21-23H,9,13,16-18H2,1-8H3,(H,34,38)(H,35,40)(H,36,37)(H4,31,32,33)/t19-,21-,22-,23-/m0/s1. The Bertz CT molecular complexity index is 1060. The van der Waals surface area contributed by atoms with Gasteiger partial charge in [0.2, 0.25) is 11.8 Å². The monoisotopic (exact) mass is 590 g/mol. The van der Waals surface area contributed by atoms with E-state index in [4.69, 9.17) is 20.9 Å². The van der Waals surface area contributed by atoms with Crippen molar-refractivity contribution in [3.63, 3.8) is 0 Å². The van der Waals surface area contributed by atoms with Gasteiger partial charge in [-0.3, -0.25) is 14.6 Å². The van der Waals surface area contributed by atoms with Gasteiger partial charge in [0, 0.05) is 13.0 Å². The number of benzene rings is 1. The number of guanidine groups is 1.